The van der Waals surface area contributed by atoms with E-state index in [9.17, 15) is 9.18 Å². The second-order valence-corrected chi connectivity index (χ2v) is 4.02. The number of aryl methyl sites for hydroxylation is 2. The number of nitrogens with one attached hydrogen (secondary N) is 1. The highest BCUT2D eigenvalue weighted by molar-refractivity contribution is 5.85. The quantitative estimate of drug-likeness (QED) is 0.860. The van der Waals surface area contributed by atoms with E-state index in [1.54, 1.807) is 6.07 Å². The van der Waals surface area contributed by atoms with Gasteiger partial charge in [0.1, 0.15) is 19.0 Å². The second kappa shape index (κ2) is 7.61. The molecule has 0 heterocycles. The van der Waals surface area contributed by atoms with E-state index in [1.165, 1.54) is 0 Å². The number of anilines is 1. The van der Waals surface area contributed by atoms with Crippen LogP contribution in [-0.2, 0) is 11.2 Å². The Labute approximate surface area is 112 Å². The van der Waals surface area contributed by atoms with E-state index < -0.39 is 12.8 Å². The Morgan fingerprint density at radius 2 is 2.11 bits per heavy atom. The van der Waals surface area contributed by atoms with Crippen molar-refractivity contribution in [1.82, 2.24) is 0 Å². The van der Waals surface area contributed by atoms with Crippen molar-refractivity contribution >= 4 is 11.8 Å². The van der Waals surface area contributed by atoms with Gasteiger partial charge in [-0.1, -0.05) is 6.92 Å². The molecule has 5 heteroatoms. The minimum Gasteiger partial charge on any atom is -0.493 e. The molecule has 1 N–H and O–H groups in total. The predicted octanol–water partition coefficient (Wildman–Crippen LogP) is 3.47. The molecule has 4 nitrogen and oxygen atoms in total. The van der Waals surface area contributed by atoms with E-state index in [0.717, 1.165) is 23.3 Å². The van der Waals surface area contributed by atoms with Crippen molar-refractivity contribution < 1.29 is 18.7 Å². The summed E-state index contributed by atoms with van der Waals surface area (Å²) in [6.45, 7) is 5.54. The fourth-order valence-electron chi connectivity index (χ4n) is 1.82. The molecule has 0 spiro atoms. The van der Waals surface area contributed by atoms with Gasteiger partial charge in [-0.25, -0.2) is 9.18 Å². The molecule has 1 rings (SSSR count). The third-order valence-electron chi connectivity index (χ3n) is 2.58. The summed E-state index contributed by atoms with van der Waals surface area (Å²) in [4.78, 5) is 11.4. The van der Waals surface area contributed by atoms with E-state index in [2.05, 4.69) is 10.1 Å². The van der Waals surface area contributed by atoms with Crippen molar-refractivity contribution in [3.63, 3.8) is 0 Å². The SMILES string of the molecule is CCOc1c(C)cc(NC(=O)OCCF)cc1CC. The van der Waals surface area contributed by atoms with Gasteiger partial charge in [0.15, 0.2) is 0 Å². The van der Waals surface area contributed by atoms with Crippen LogP contribution in [0, 0.1) is 6.92 Å². The first-order valence-electron chi connectivity index (χ1n) is 6.38. The molecular formula is C14H20FNO3. The van der Waals surface area contributed by atoms with E-state index in [1.807, 2.05) is 26.8 Å². The Hall–Kier alpha value is -1.78. The van der Waals surface area contributed by atoms with Crippen LogP contribution in [0.25, 0.3) is 0 Å². The molecule has 1 aromatic carbocycles. The molecule has 0 bridgehead atoms. The first-order chi connectivity index (χ1) is 9.12. The number of hydrogen-bond donors (Lipinski definition) is 1. The number of amides is 1. The van der Waals surface area contributed by atoms with Gasteiger partial charge in [-0.15, -0.1) is 0 Å². The van der Waals surface area contributed by atoms with Gasteiger partial charge in [-0.05, 0) is 43.5 Å². The number of ether oxygens (including phenoxy) is 2. The number of halogens is 1. The van der Waals surface area contributed by atoms with Gasteiger partial charge >= 0.3 is 6.09 Å². The molecule has 19 heavy (non-hydrogen) atoms. The van der Waals surface area contributed by atoms with Crippen molar-refractivity contribution in [1.29, 1.82) is 0 Å². The largest absolute Gasteiger partial charge is 0.493 e. The summed E-state index contributed by atoms with van der Waals surface area (Å²) < 4.78 is 22.1. The smallest absolute Gasteiger partial charge is 0.411 e. The lowest BCUT2D eigenvalue weighted by Crippen LogP contribution is -2.15. The number of carbonyl (C=O) groups is 1. The fourth-order valence-corrected chi connectivity index (χ4v) is 1.82. The predicted molar refractivity (Wildman–Crippen MR) is 72.7 cm³/mol. The van der Waals surface area contributed by atoms with Gasteiger partial charge in [0.05, 0.1) is 6.61 Å². The minimum atomic E-state index is -0.685. The van der Waals surface area contributed by atoms with E-state index in [4.69, 9.17) is 4.74 Å². The molecule has 0 saturated carbocycles. The Bertz CT molecular complexity index is 435. The first kappa shape index (κ1) is 15.3. The van der Waals surface area contributed by atoms with Crippen LogP contribution in [0.5, 0.6) is 5.75 Å². The first-order valence-corrected chi connectivity index (χ1v) is 6.38. The van der Waals surface area contributed by atoms with E-state index in [0.29, 0.717) is 12.3 Å². The molecule has 0 unspecified atom stereocenters. The van der Waals surface area contributed by atoms with Gasteiger partial charge in [-0.3, -0.25) is 5.32 Å². The van der Waals surface area contributed by atoms with Crippen LogP contribution >= 0.6 is 0 Å². The summed E-state index contributed by atoms with van der Waals surface area (Å²) in [6, 6.07) is 3.65. The van der Waals surface area contributed by atoms with Crippen molar-refractivity contribution in [2.75, 3.05) is 25.2 Å². The van der Waals surface area contributed by atoms with Crippen LogP contribution in [0.3, 0.4) is 0 Å². The molecule has 0 aromatic heterocycles. The topological polar surface area (TPSA) is 47.6 Å². The molecule has 1 aromatic rings. The van der Waals surface area contributed by atoms with Gasteiger partial charge in [-0.2, -0.15) is 0 Å². The van der Waals surface area contributed by atoms with E-state index >= 15 is 0 Å². The Kier molecular flexibility index (Phi) is 6.12. The maximum absolute atomic E-state index is 11.9. The van der Waals surface area contributed by atoms with Crippen LogP contribution < -0.4 is 10.1 Å². The third kappa shape index (κ3) is 4.43. The Morgan fingerprint density at radius 1 is 1.37 bits per heavy atom. The zero-order valence-corrected chi connectivity index (χ0v) is 11.6. The zero-order chi connectivity index (χ0) is 14.3. The van der Waals surface area contributed by atoms with Crippen molar-refractivity contribution in [2.24, 2.45) is 0 Å². The zero-order valence-electron chi connectivity index (χ0n) is 11.6. The van der Waals surface area contributed by atoms with Gasteiger partial charge < -0.3 is 9.47 Å². The minimum absolute atomic E-state index is 0.234. The molecule has 1 amide bonds. The molecule has 0 radical (unpaired) electrons. The van der Waals surface area contributed by atoms with Crippen molar-refractivity contribution in [2.45, 2.75) is 27.2 Å². The van der Waals surface area contributed by atoms with Crippen molar-refractivity contribution in [3.8, 4) is 5.75 Å². The lowest BCUT2D eigenvalue weighted by Gasteiger charge is -2.14. The summed E-state index contributed by atoms with van der Waals surface area (Å²) in [5.41, 5.74) is 2.59. The summed E-state index contributed by atoms with van der Waals surface area (Å²) in [7, 11) is 0. The Balaban J connectivity index is 2.86. The van der Waals surface area contributed by atoms with Crippen LogP contribution in [0.15, 0.2) is 12.1 Å². The molecule has 0 aliphatic heterocycles. The van der Waals surface area contributed by atoms with Gasteiger partial charge in [0.25, 0.3) is 0 Å². The standard InChI is InChI=1S/C14H20FNO3/c1-4-11-9-12(16-14(17)19-7-6-15)8-10(3)13(11)18-5-2/h8-9H,4-7H2,1-3H3,(H,16,17). The molecule has 0 aliphatic carbocycles. The molecule has 0 fully saturated rings. The molecule has 0 atom stereocenters. The monoisotopic (exact) mass is 269 g/mol. The fraction of sp³-hybridized carbons (Fsp3) is 0.500. The highest BCUT2D eigenvalue weighted by atomic mass is 19.1. The average Bonchev–Trinajstić information content (AvgIpc) is 2.39. The number of benzene rings is 1. The lowest BCUT2D eigenvalue weighted by atomic mass is 10.1. The summed E-state index contributed by atoms with van der Waals surface area (Å²) in [5.74, 6) is 0.854. The molecule has 106 valence electrons. The van der Waals surface area contributed by atoms with Crippen molar-refractivity contribution in [3.05, 3.63) is 23.3 Å². The van der Waals surface area contributed by atoms with Crippen LogP contribution in [-0.4, -0.2) is 26.0 Å². The summed E-state index contributed by atoms with van der Waals surface area (Å²) in [5, 5.41) is 2.58. The lowest BCUT2D eigenvalue weighted by molar-refractivity contribution is 0.152. The van der Waals surface area contributed by atoms with E-state index in [-0.39, 0.29) is 6.61 Å². The third-order valence-corrected chi connectivity index (χ3v) is 2.58. The maximum Gasteiger partial charge on any atom is 0.411 e. The summed E-state index contributed by atoms with van der Waals surface area (Å²) in [6.07, 6.45) is 0.147. The van der Waals surface area contributed by atoms with Gasteiger partial charge in [0, 0.05) is 5.69 Å². The number of alkyl halides is 1. The number of hydrogen-bond acceptors (Lipinski definition) is 3. The van der Waals surface area contributed by atoms with Crippen LogP contribution in [0.1, 0.15) is 25.0 Å². The van der Waals surface area contributed by atoms with Gasteiger partial charge in [0.2, 0.25) is 0 Å². The summed E-state index contributed by atoms with van der Waals surface area (Å²) >= 11 is 0. The Morgan fingerprint density at radius 3 is 2.68 bits per heavy atom. The maximum atomic E-state index is 11.9. The highest BCUT2D eigenvalue weighted by Gasteiger charge is 2.10. The second-order valence-electron chi connectivity index (χ2n) is 4.02. The van der Waals surface area contributed by atoms with Crippen LogP contribution in [0.2, 0.25) is 0 Å². The van der Waals surface area contributed by atoms with Crippen LogP contribution in [0.4, 0.5) is 14.9 Å². The molecule has 0 saturated heterocycles. The highest BCUT2D eigenvalue weighted by Crippen LogP contribution is 2.28. The molecular weight excluding hydrogens is 249 g/mol. The number of rotatable bonds is 6. The normalized spacial score (nSPS) is 10.1. The average molecular weight is 269 g/mol. The number of carbonyl (C=O) groups excluding carboxylic acids is 1. The molecule has 0 aliphatic rings.